The van der Waals surface area contributed by atoms with Crippen molar-refractivity contribution in [3.05, 3.63) is 57.1 Å². The minimum absolute atomic E-state index is 0.0677. The number of ether oxygens (including phenoxy) is 1. The zero-order valence-electron chi connectivity index (χ0n) is 13.7. The molecule has 0 atom stereocenters. The molecule has 3 aromatic heterocycles. The summed E-state index contributed by atoms with van der Waals surface area (Å²) >= 11 is 4.72. The molecular formula is C19H14N2O2S3. The number of rotatable bonds is 3. The first-order chi connectivity index (χ1) is 12.8. The van der Waals surface area contributed by atoms with Crippen LogP contribution in [-0.2, 0) is 17.8 Å². The average molecular weight is 399 g/mol. The van der Waals surface area contributed by atoms with Gasteiger partial charge in [0, 0.05) is 10.4 Å². The topological polar surface area (TPSA) is 51.2 Å². The fraction of sp³-hybridized carbons (Fsp3) is 0.158. The maximum atomic E-state index is 12.6. The van der Waals surface area contributed by atoms with Crippen molar-refractivity contribution >= 4 is 55.1 Å². The molecule has 26 heavy (non-hydrogen) atoms. The SMILES string of the molecule is O=C(Nc1sc2c(c1-c1nc3ccccc3s1)CCOC2)c1cccs1. The lowest BCUT2D eigenvalue weighted by atomic mass is 10.1. The molecule has 0 saturated heterocycles. The number of benzene rings is 1. The number of amides is 1. The fourth-order valence-corrected chi connectivity index (χ4v) is 6.01. The highest BCUT2D eigenvalue weighted by Crippen LogP contribution is 2.45. The Morgan fingerprint density at radius 1 is 1.15 bits per heavy atom. The van der Waals surface area contributed by atoms with Crippen LogP contribution in [0.1, 0.15) is 20.1 Å². The molecule has 4 nitrogen and oxygen atoms in total. The molecule has 1 N–H and O–H groups in total. The van der Waals surface area contributed by atoms with E-state index in [0.29, 0.717) is 18.1 Å². The van der Waals surface area contributed by atoms with Gasteiger partial charge in [-0.2, -0.15) is 0 Å². The Morgan fingerprint density at radius 2 is 2.08 bits per heavy atom. The van der Waals surface area contributed by atoms with Gasteiger partial charge in [0.1, 0.15) is 10.0 Å². The molecule has 1 aliphatic heterocycles. The van der Waals surface area contributed by atoms with E-state index in [-0.39, 0.29) is 5.91 Å². The summed E-state index contributed by atoms with van der Waals surface area (Å²) in [5.41, 5.74) is 3.33. The Balaban J connectivity index is 1.62. The zero-order valence-corrected chi connectivity index (χ0v) is 16.1. The summed E-state index contributed by atoms with van der Waals surface area (Å²) in [4.78, 5) is 19.3. The number of thiophene rings is 2. The molecule has 0 spiro atoms. The monoisotopic (exact) mass is 398 g/mol. The van der Waals surface area contributed by atoms with Gasteiger partial charge in [-0.15, -0.1) is 34.0 Å². The molecule has 0 saturated carbocycles. The number of carbonyl (C=O) groups excluding carboxylic acids is 1. The van der Waals surface area contributed by atoms with Gasteiger partial charge in [-0.1, -0.05) is 18.2 Å². The van der Waals surface area contributed by atoms with E-state index in [1.807, 2.05) is 35.7 Å². The summed E-state index contributed by atoms with van der Waals surface area (Å²) in [5, 5.41) is 6.87. The third-order valence-electron chi connectivity index (χ3n) is 4.30. The van der Waals surface area contributed by atoms with Gasteiger partial charge in [0.25, 0.3) is 5.91 Å². The molecule has 4 aromatic rings. The van der Waals surface area contributed by atoms with E-state index in [4.69, 9.17) is 9.72 Å². The molecule has 4 heterocycles. The van der Waals surface area contributed by atoms with Crippen molar-refractivity contribution in [2.24, 2.45) is 0 Å². The molecule has 0 aliphatic carbocycles. The van der Waals surface area contributed by atoms with Gasteiger partial charge in [-0.25, -0.2) is 4.98 Å². The zero-order chi connectivity index (χ0) is 17.5. The van der Waals surface area contributed by atoms with Crippen LogP contribution < -0.4 is 5.32 Å². The number of carbonyl (C=O) groups is 1. The molecule has 5 rings (SSSR count). The summed E-state index contributed by atoms with van der Waals surface area (Å²) in [6.07, 6.45) is 0.853. The van der Waals surface area contributed by atoms with Gasteiger partial charge in [-0.3, -0.25) is 4.79 Å². The Hall–Kier alpha value is -2.06. The minimum Gasteiger partial charge on any atom is -0.376 e. The van der Waals surface area contributed by atoms with Crippen LogP contribution >= 0.6 is 34.0 Å². The molecule has 1 aliphatic rings. The van der Waals surface area contributed by atoms with Crippen molar-refractivity contribution in [3.63, 3.8) is 0 Å². The van der Waals surface area contributed by atoms with Crippen molar-refractivity contribution in [2.45, 2.75) is 13.0 Å². The van der Waals surface area contributed by atoms with Crippen LogP contribution in [0.2, 0.25) is 0 Å². The first kappa shape index (κ1) is 16.1. The van der Waals surface area contributed by atoms with Gasteiger partial charge in [0.05, 0.1) is 28.3 Å². The van der Waals surface area contributed by atoms with Crippen LogP contribution in [0.15, 0.2) is 41.8 Å². The van der Waals surface area contributed by atoms with Crippen LogP contribution in [0.3, 0.4) is 0 Å². The number of nitrogens with zero attached hydrogens (tertiary/aromatic N) is 1. The molecule has 1 amide bonds. The molecular weight excluding hydrogens is 384 g/mol. The summed E-state index contributed by atoms with van der Waals surface area (Å²) in [5.74, 6) is -0.0677. The van der Waals surface area contributed by atoms with E-state index in [1.165, 1.54) is 21.8 Å². The van der Waals surface area contributed by atoms with Gasteiger partial charge in [0.2, 0.25) is 0 Å². The summed E-state index contributed by atoms with van der Waals surface area (Å²) in [7, 11) is 0. The van der Waals surface area contributed by atoms with Crippen LogP contribution in [0.4, 0.5) is 5.00 Å². The number of thiazole rings is 1. The first-order valence-electron chi connectivity index (χ1n) is 8.22. The third kappa shape index (κ3) is 2.77. The van der Waals surface area contributed by atoms with Gasteiger partial charge in [0.15, 0.2) is 0 Å². The van der Waals surface area contributed by atoms with E-state index in [9.17, 15) is 4.79 Å². The summed E-state index contributed by atoms with van der Waals surface area (Å²) in [6.45, 7) is 1.31. The van der Waals surface area contributed by atoms with E-state index < -0.39 is 0 Å². The van der Waals surface area contributed by atoms with Gasteiger partial charge in [-0.05, 0) is 35.6 Å². The Bertz CT molecular complexity index is 1060. The maximum absolute atomic E-state index is 12.6. The quantitative estimate of drug-likeness (QED) is 0.502. The third-order valence-corrected chi connectivity index (χ3v) is 7.34. The smallest absolute Gasteiger partial charge is 0.266 e. The molecule has 0 radical (unpaired) electrons. The normalized spacial score (nSPS) is 13.7. The lowest BCUT2D eigenvalue weighted by Crippen LogP contribution is -2.10. The van der Waals surface area contributed by atoms with Crippen molar-refractivity contribution in [1.82, 2.24) is 4.98 Å². The summed E-state index contributed by atoms with van der Waals surface area (Å²) in [6, 6.07) is 11.9. The molecule has 7 heteroatoms. The second kappa shape index (κ2) is 6.59. The van der Waals surface area contributed by atoms with Crippen molar-refractivity contribution in [3.8, 4) is 10.6 Å². The Kier molecular flexibility index (Phi) is 4.09. The van der Waals surface area contributed by atoms with E-state index in [1.54, 1.807) is 22.7 Å². The van der Waals surface area contributed by atoms with E-state index in [0.717, 1.165) is 32.2 Å². The molecule has 1 aromatic carbocycles. The average Bonchev–Trinajstić information content (AvgIpc) is 3.38. The van der Waals surface area contributed by atoms with Crippen LogP contribution in [0.5, 0.6) is 0 Å². The lowest BCUT2D eigenvalue weighted by molar-refractivity contribution is 0.103. The second-order valence-electron chi connectivity index (χ2n) is 5.93. The van der Waals surface area contributed by atoms with Crippen LogP contribution in [0.25, 0.3) is 20.8 Å². The maximum Gasteiger partial charge on any atom is 0.266 e. The lowest BCUT2D eigenvalue weighted by Gasteiger charge is -2.12. The highest BCUT2D eigenvalue weighted by atomic mass is 32.1. The van der Waals surface area contributed by atoms with Crippen LogP contribution in [0, 0.1) is 0 Å². The van der Waals surface area contributed by atoms with E-state index in [2.05, 4.69) is 11.4 Å². The number of hydrogen-bond acceptors (Lipinski definition) is 6. The highest BCUT2D eigenvalue weighted by molar-refractivity contribution is 7.23. The van der Waals surface area contributed by atoms with Crippen molar-refractivity contribution in [2.75, 3.05) is 11.9 Å². The Morgan fingerprint density at radius 3 is 2.92 bits per heavy atom. The molecule has 130 valence electrons. The molecule has 0 unspecified atom stereocenters. The van der Waals surface area contributed by atoms with Crippen LogP contribution in [-0.4, -0.2) is 17.5 Å². The number of para-hydroxylation sites is 1. The van der Waals surface area contributed by atoms with Crippen molar-refractivity contribution < 1.29 is 9.53 Å². The second-order valence-corrected chi connectivity index (χ2v) is 9.01. The fourth-order valence-electron chi connectivity index (χ4n) is 3.10. The standard InChI is InChI=1S/C19H14N2O2S3/c22-17(14-6-3-9-24-14)21-19-16(11-7-8-23-10-15(11)26-19)18-20-12-4-1-2-5-13(12)25-18/h1-6,9H,7-8,10H2,(H,21,22). The van der Waals surface area contributed by atoms with E-state index >= 15 is 0 Å². The number of anilines is 1. The number of aromatic nitrogens is 1. The highest BCUT2D eigenvalue weighted by Gasteiger charge is 2.25. The van der Waals surface area contributed by atoms with Gasteiger partial charge < -0.3 is 10.1 Å². The number of fused-ring (bicyclic) bond motifs is 2. The number of hydrogen-bond donors (Lipinski definition) is 1. The Labute approximate surface area is 162 Å². The van der Waals surface area contributed by atoms with Crippen molar-refractivity contribution in [1.29, 1.82) is 0 Å². The van der Waals surface area contributed by atoms with Gasteiger partial charge >= 0.3 is 0 Å². The minimum atomic E-state index is -0.0677. The predicted octanol–water partition coefficient (Wildman–Crippen LogP) is 5.41. The predicted molar refractivity (Wildman–Crippen MR) is 109 cm³/mol. The molecule has 0 fully saturated rings. The largest absolute Gasteiger partial charge is 0.376 e. The number of nitrogens with one attached hydrogen (secondary N) is 1. The first-order valence-corrected chi connectivity index (χ1v) is 10.7. The summed E-state index contributed by atoms with van der Waals surface area (Å²) < 4.78 is 6.78. The molecule has 0 bridgehead atoms.